The standard InChI is InChI=1S/C23H25N3O2/c1-2-3-14-28-18-11-8-17(9-12-18)22-20(15-24-26-22)23(27)25-21-13-10-16-6-4-5-7-19(16)21/h4-9,11-12,15,21H,2-3,10,13-14H2,1H3,(H,24,26)(H,25,27). The van der Waals surface area contributed by atoms with Gasteiger partial charge in [0.05, 0.1) is 30.1 Å². The number of fused-ring (bicyclic) bond motifs is 1. The van der Waals surface area contributed by atoms with E-state index in [1.807, 2.05) is 36.4 Å². The van der Waals surface area contributed by atoms with Crippen LogP contribution in [-0.2, 0) is 6.42 Å². The van der Waals surface area contributed by atoms with Gasteiger partial charge in [-0.3, -0.25) is 9.89 Å². The van der Waals surface area contributed by atoms with E-state index in [4.69, 9.17) is 4.74 Å². The number of carbonyl (C=O) groups excluding carboxylic acids is 1. The Hall–Kier alpha value is -3.08. The van der Waals surface area contributed by atoms with Crippen molar-refractivity contribution < 1.29 is 9.53 Å². The van der Waals surface area contributed by atoms with Gasteiger partial charge in [-0.1, -0.05) is 37.6 Å². The predicted molar refractivity (Wildman–Crippen MR) is 109 cm³/mol. The fraction of sp³-hybridized carbons (Fsp3) is 0.304. The molecule has 4 rings (SSSR count). The third kappa shape index (κ3) is 3.79. The molecule has 0 radical (unpaired) electrons. The Bertz CT molecular complexity index is 946. The van der Waals surface area contributed by atoms with Gasteiger partial charge in [0.1, 0.15) is 5.75 Å². The minimum absolute atomic E-state index is 0.0563. The van der Waals surface area contributed by atoms with Crippen molar-refractivity contribution in [1.82, 2.24) is 15.5 Å². The number of ether oxygens (including phenoxy) is 1. The number of unbranched alkanes of at least 4 members (excludes halogenated alkanes) is 1. The molecular weight excluding hydrogens is 350 g/mol. The summed E-state index contributed by atoms with van der Waals surface area (Å²) in [6.45, 7) is 2.86. The van der Waals surface area contributed by atoms with E-state index in [0.717, 1.165) is 49.3 Å². The summed E-state index contributed by atoms with van der Waals surface area (Å²) >= 11 is 0. The maximum atomic E-state index is 12.9. The molecule has 5 heteroatoms. The summed E-state index contributed by atoms with van der Waals surface area (Å²) in [5.74, 6) is 0.735. The predicted octanol–water partition coefficient (Wildman–Crippen LogP) is 4.67. The molecule has 1 heterocycles. The van der Waals surface area contributed by atoms with Gasteiger partial charge in [-0.05, 0) is 54.7 Å². The summed E-state index contributed by atoms with van der Waals surface area (Å²) in [6, 6.07) is 16.1. The molecule has 3 aromatic rings. The van der Waals surface area contributed by atoms with E-state index in [2.05, 4.69) is 34.6 Å². The zero-order valence-corrected chi connectivity index (χ0v) is 16.1. The van der Waals surface area contributed by atoms with Crippen LogP contribution < -0.4 is 10.1 Å². The van der Waals surface area contributed by atoms with E-state index in [1.54, 1.807) is 6.20 Å². The largest absolute Gasteiger partial charge is 0.494 e. The SMILES string of the molecule is CCCCOc1ccc(-c2[nH]ncc2C(=O)NC2CCc3ccccc32)cc1. The lowest BCUT2D eigenvalue weighted by Crippen LogP contribution is -2.27. The second-order valence-corrected chi connectivity index (χ2v) is 7.15. The highest BCUT2D eigenvalue weighted by molar-refractivity contribution is 6.00. The molecule has 1 aromatic heterocycles. The first-order chi connectivity index (χ1) is 13.8. The highest BCUT2D eigenvalue weighted by Gasteiger charge is 2.25. The lowest BCUT2D eigenvalue weighted by molar-refractivity contribution is 0.0937. The second kappa shape index (κ2) is 8.30. The molecule has 2 aromatic carbocycles. The Morgan fingerprint density at radius 1 is 1.21 bits per heavy atom. The molecule has 0 bridgehead atoms. The molecule has 28 heavy (non-hydrogen) atoms. The Morgan fingerprint density at radius 3 is 2.86 bits per heavy atom. The molecule has 0 aliphatic heterocycles. The van der Waals surface area contributed by atoms with Crippen LogP contribution in [0.5, 0.6) is 5.75 Å². The number of carbonyl (C=O) groups is 1. The number of nitrogens with zero attached hydrogens (tertiary/aromatic N) is 1. The summed E-state index contributed by atoms with van der Waals surface area (Å²) in [5.41, 5.74) is 4.73. The summed E-state index contributed by atoms with van der Waals surface area (Å²) in [7, 11) is 0. The maximum absolute atomic E-state index is 12.9. The molecule has 2 N–H and O–H groups in total. The van der Waals surface area contributed by atoms with Gasteiger partial charge in [0.2, 0.25) is 0 Å². The van der Waals surface area contributed by atoms with Crippen LogP contribution >= 0.6 is 0 Å². The molecule has 5 nitrogen and oxygen atoms in total. The number of H-pyrrole nitrogens is 1. The summed E-state index contributed by atoms with van der Waals surface area (Å²) in [6.07, 6.45) is 5.67. The molecular formula is C23H25N3O2. The zero-order chi connectivity index (χ0) is 19.3. The molecule has 144 valence electrons. The number of aromatic nitrogens is 2. The minimum atomic E-state index is -0.103. The Morgan fingerprint density at radius 2 is 2.04 bits per heavy atom. The number of nitrogens with one attached hydrogen (secondary N) is 2. The minimum Gasteiger partial charge on any atom is -0.494 e. The average molecular weight is 375 g/mol. The van der Waals surface area contributed by atoms with Crippen molar-refractivity contribution in [2.24, 2.45) is 0 Å². The van der Waals surface area contributed by atoms with E-state index in [0.29, 0.717) is 5.56 Å². The highest BCUT2D eigenvalue weighted by Crippen LogP contribution is 2.31. The number of aryl methyl sites for hydroxylation is 1. The summed E-state index contributed by atoms with van der Waals surface area (Å²) in [4.78, 5) is 12.9. The van der Waals surface area contributed by atoms with Crippen LogP contribution in [0, 0.1) is 0 Å². The van der Waals surface area contributed by atoms with Crippen molar-refractivity contribution in [2.75, 3.05) is 6.61 Å². The smallest absolute Gasteiger partial charge is 0.255 e. The Balaban J connectivity index is 1.47. The molecule has 1 unspecified atom stereocenters. The first-order valence-corrected chi connectivity index (χ1v) is 9.91. The van der Waals surface area contributed by atoms with Crippen LogP contribution in [0.1, 0.15) is 53.7 Å². The van der Waals surface area contributed by atoms with E-state index < -0.39 is 0 Å². The van der Waals surface area contributed by atoms with Crippen molar-refractivity contribution in [3.8, 4) is 17.0 Å². The third-order valence-corrected chi connectivity index (χ3v) is 5.23. The average Bonchev–Trinajstić information content (AvgIpc) is 3.37. The van der Waals surface area contributed by atoms with Crippen molar-refractivity contribution in [2.45, 2.75) is 38.6 Å². The second-order valence-electron chi connectivity index (χ2n) is 7.15. The van der Waals surface area contributed by atoms with Gasteiger partial charge < -0.3 is 10.1 Å². The monoisotopic (exact) mass is 375 g/mol. The van der Waals surface area contributed by atoms with Gasteiger partial charge in [0, 0.05) is 5.56 Å². The maximum Gasteiger partial charge on any atom is 0.255 e. The summed E-state index contributed by atoms with van der Waals surface area (Å²) in [5, 5.41) is 10.2. The Kier molecular flexibility index (Phi) is 5.42. The highest BCUT2D eigenvalue weighted by atomic mass is 16.5. The van der Waals surface area contributed by atoms with Gasteiger partial charge in [-0.25, -0.2) is 0 Å². The molecule has 1 atom stereocenters. The Labute approximate surface area is 165 Å². The van der Waals surface area contributed by atoms with Crippen LogP contribution in [0.25, 0.3) is 11.3 Å². The number of hydrogen-bond donors (Lipinski definition) is 2. The fourth-order valence-corrected chi connectivity index (χ4v) is 3.67. The quantitative estimate of drug-likeness (QED) is 0.590. The van der Waals surface area contributed by atoms with Gasteiger partial charge in [-0.2, -0.15) is 5.10 Å². The van der Waals surface area contributed by atoms with E-state index in [9.17, 15) is 4.79 Å². The number of rotatable bonds is 7. The van der Waals surface area contributed by atoms with Gasteiger partial charge >= 0.3 is 0 Å². The molecule has 1 aliphatic carbocycles. The van der Waals surface area contributed by atoms with Crippen molar-refractivity contribution >= 4 is 5.91 Å². The number of benzene rings is 2. The van der Waals surface area contributed by atoms with Crippen LogP contribution in [0.2, 0.25) is 0 Å². The fourth-order valence-electron chi connectivity index (χ4n) is 3.67. The molecule has 1 amide bonds. The van der Waals surface area contributed by atoms with Crippen molar-refractivity contribution in [3.63, 3.8) is 0 Å². The molecule has 0 saturated carbocycles. The lowest BCUT2D eigenvalue weighted by atomic mass is 10.1. The summed E-state index contributed by atoms with van der Waals surface area (Å²) < 4.78 is 5.71. The van der Waals surface area contributed by atoms with Crippen LogP contribution in [0.15, 0.2) is 54.7 Å². The normalized spacial score (nSPS) is 15.2. The number of amides is 1. The van der Waals surface area contributed by atoms with Gasteiger partial charge in [0.15, 0.2) is 0 Å². The molecule has 0 fully saturated rings. The van der Waals surface area contributed by atoms with E-state index >= 15 is 0 Å². The molecule has 0 saturated heterocycles. The van der Waals surface area contributed by atoms with Crippen molar-refractivity contribution in [3.05, 3.63) is 71.4 Å². The number of hydrogen-bond acceptors (Lipinski definition) is 3. The third-order valence-electron chi connectivity index (χ3n) is 5.23. The molecule has 1 aliphatic rings. The van der Waals surface area contributed by atoms with Gasteiger partial charge in [-0.15, -0.1) is 0 Å². The zero-order valence-electron chi connectivity index (χ0n) is 16.1. The van der Waals surface area contributed by atoms with E-state index in [1.165, 1.54) is 11.1 Å². The van der Waals surface area contributed by atoms with Crippen LogP contribution in [-0.4, -0.2) is 22.7 Å². The van der Waals surface area contributed by atoms with Crippen molar-refractivity contribution in [1.29, 1.82) is 0 Å². The first-order valence-electron chi connectivity index (χ1n) is 9.91. The lowest BCUT2D eigenvalue weighted by Gasteiger charge is -2.14. The topological polar surface area (TPSA) is 67.0 Å². The molecule has 0 spiro atoms. The van der Waals surface area contributed by atoms with Crippen LogP contribution in [0.3, 0.4) is 0 Å². The number of aromatic amines is 1. The van der Waals surface area contributed by atoms with Crippen LogP contribution in [0.4, 0.5) is 0 Å². The van der Waals surface area contributed by atoms with E-state index in [-0.39, 0.29) is 11.9 Å². The van der Waals surface area contributed by atoms with Gasteiger partial charge in [0.25, 0.3) is 5.91 Å². The first kappa shape index (κ1) is 18.3.